The number of nitrogens with one attached hydrogen (secondary N) is 1. The van der Waals surface area contributed by atoms with Gasteiger partial charge in [0.1, 0.15) is 0 Å². The summed E-state index contributed by atoms with van der Waals surface area (Å²) >= 11 is 1.32. The Hall–Kier alpha value is -1.30. The second-order valence-electron chi connectivity index (χ2n) is 5.51. The average molecular weight is 309 g/mol. The van der Waals surface area contributed by atoms with Crippen LogP contribution in [-0.4, -0.2) is 39.1 Å². The highest BCUT2D eigenvalue weighted by atomic mass is 32.2. The topological polar surface area (TPSA) is 66.1 Å². The third-order valence-corrected chi connectivity index (χ3v) is 4.59. The van der Waals surface area contributed by atoms with E-state index in [1.807, 2.05) is 4.90 Å². The third kappa shape index (κ3) is 4.59. The summed E-state index contributed by atoms with van der Waals surface area (Å²) in [4.78, 5) is 32.9. The Morgan fingerprint density at radius 2 is 2.33 bits per heavy atom. The predicted octanol–water partition coefficient (Wildman–Crippen LogP) is 2.22. The number of nitrogens with zero attached hydrogens (tertiary/aromatic N) is 2. The summed E-state index contributed by atoms with van der Waals surface area (Å²) in [6, 6.07) is 1.85. The van der Waals surface area contributed by atoms with Crippen LogP contribution < -0.4 is 5.56 Å². The number of aromatic nitrogens is 2. The van der Waals surface area contributed by atoms with Gasteiger partial charge >= 0.3 is 0 Å². The summed E-state index contributed by atoms with van der Waals surface area (Å²) in [7, 11) is 0. The lowest BCUT2D eigenvalue weighted by Crippen LogP contribution is -2.43. The summed E-state index contributed by atoms with van der Waals surface area (Å²) in [5, 5.41) is 0.545. The fourth-order valence-electron chi connectivity index (χ4n) is 2.62. The lowest BCUT2D eigenvalue weighted by Gasteiger charge is -2.33. The number of aryl methyl sites for hydroxylation is 1. The summed E-state index contributed by atoms with van der Waals surface area (Å²) < 4.78 is 0. The normalized spacial score (nSPS) is 18.8. The zero-order chi connectivity index (χ0) is 15.2. The van der Waals surface area contributed by atoms with Crippen molar-refractivity contribution in [3.8, 4) is 0 Å². The third-order valence-electron chi connectivity index (χ3n) is 3.73. The lowest BCUT2D eigenvalue weighted by atomic mass is 10.0. The molecule has 1 aliphatic heterocycles. The fraction of sp³-hybridized carbons (Fsp3) is 0.667. The molecule has 0 radical (unpaired) electrons. The highest BCUT2D eigenvalue weighted by Gasteiger charge is 2.23. The molecule has 0 spiro atoms. The molecule has 1 aromatic heterocycles. The summed E-state index contributed by atoms with van der Waals surface area (Å²) in [6.45, 7) is 5.00. The Kier molecular flexibility index (Phi) is 5.85. The van der Waals surface area contributed by atoms with Gasteiger partial charge in [-0.05, 0) is 32.6 Å². The van der Waals surface area contributed by atoms with Crippen molar-refractivity contribution in [1.29, 1.82) is 0 Å². The zero-order valence-corrected chi connectivity index (χ0v) is 13.5. The minimum Gasteiger partial charge on any atom is -0.339 e. The number of likely N-dealkylation sites (tertiary alicyclic amines) is 1. The van der Waals surface area contributed by atoms with Crippen LogP contribution in [0.5, 0.6) is 0 Å². The summed E-state index contributed by atoms with van der Waals surface area (Å²) in [5.41, 5.74) is 0.650. The van der Waals surface area contributed by atoms with Gasteiger partial charge in [-0.15, -0.1) is 0 Å². The van der Waals surface area contributed by atoms with Crippen LogP contribution in [0.4, 0.5) is 0 Å². The Balaban J connectivity index is 1.95. The SMILES string of the molecule is CCCc1cc(=O)[nH]c(SCC(=O)N2CCCCC2C)n1. The van der Waals surface area contributed by atoms with E-state index in [1.165, 1.54) is 24.2 Å². The second kappa shape index (κ2) is 7.64. The number of thioether (sulfide) groups is 1. The number of H-pyrrole nitrogens is 1. The van der Waals surface area contributed by atoms with E-state index in [0.717, 1.165) is 37.9 Å². The van der Waals surface area contributed by atoms with Crippen LogP contribution >= 0.6 is 11.8 Å². The quantitative estimate of drug-likeness (QED) is 0.669. The molecule has 1 unspecified atom stereocenters. The number of hydrogen-bond acceptors (Lipinski definition) is 4. The molecular formula is C15H23N3O2S. The van der Waals surface area contributed by atoms with Crippen molar-refractivity contribution < 1.29 is 4.79 Å². The summed E-state index contributed by atoms with van der Waals surface area (Å²) in [5.74, 6) is 0.471. The van der Waals surface area contributed by atoms with Crippen molar-refractivity contribution in [2.75, 3.05) is 12.3 Å². The van der Waals surface area contributed by atoms with Crippen LogP contribution in [-0.2, 0) is 11.2 Å². The van der Waals surface area contributed by atoms with E-state index in [1.54, 1.807) is 0 Å². The van der Waals surface area contributed by atoms with Crippen LogP contribution in [0.15, 0.2) is 16.0 Å². The van der Waals surface area contributed by atoms with Gasteiger partial charge in [-0.3, -0.25) is 9.59 Å². The highest BCUT2D eigenvalue weighted by molar-refractivity contribution is 7.99. The van der Waals surface area contributed by atoms with Crippen molar-refractivity contribution >= 4 is 17.7 Å². The summed E-state index contributed by atoms with van der Waals surface area (Å²) in [6.07, 6.45) is 5.10. The molecule has 116 valence electrons. The van der Waals surface area contributed by atoms with Crippen molar-refractivity contribution in [3.63, 3.8) is 0 Å². The molecule has 0 aliphatic carbocycles. The van der Waals surface area contributed by atoms with Gasteiger partial charge in [-0.1, -0.05) is 25.1 Å². The molecule has 2 heterocycles. The average Bonchev–Trinajstić information content (AvgIpc) is 2.45. The van der Waals surface area contributed by atoms with Crippen molar-refractivity contribution in [1.82, 2.24) is 14.9 Å². The van der Waals surface area contributed by atoms with Crippen LogP contribution in [0, 0.1) is 0 Å². The van der Waals surface area contributed by atoms with Gasteiger partial charge in [0.25, 0.3) is 5.56 Å². The van der Waals surface area contributed by atoms with Gasteiger partial charge in [-0.2, -0.15) is 0 Å². The first kappa shape index (κ1) is 16.1. The first-order valence-corrected chi connectivity index (χ1v) is 8.61. The molecule has 1 saturated heterocycles. The number of carbonyl (C=O) groups is 1. The number of rotatable bonds is 5. The van der Waals surface area contributed by atoms with Crippen LogP contribution in [0.1, 0.15) is 45.2 Å². The smallest absolute Gasteiger partial charge is 0.251 e. The van der Waals surface area contributed by atoms with Gasteiger partial charge in [0.05, 0.1) is 5.75 Å². The van der Waals surface area contributed by atoms with E-state index in [9.17, 15) is 9.59 Å². The Morgan fingerprint density at radius 3 is 3.05 bits per heavy atom. The Labute approximate surface area is 129 Å². The van der Waals surface area contributed by atoms with Crippen LogP contribution in [0.25, 0.3) is 0 Å². The molecular weight excluding hydrogens is 286 g/mol. The predicted molar refractivity (Wildman–Crippen MR) is 84.6 cm³/mol. The standard InChI is InChI=1S/C15H23N3O2S/c1-3-6-12-9-13(19)17-15(16-12)21-10-14(20)18-8-5-4-7-11(18)2/h9,11H,3-8,10H2,1-2H3,(H,16,17,19). The van der Waals surface area contributed by atoms with E-state index in [2.05, 4.69) is 23.8 Å². The zero-order valence-electron chi connectivity index (χ0n) is 12.7. The van der Waals surface area contributed by atoms with Crippen molar-refractivity contribution in [3.05, 3.63) is 22.1 Å². The van der Waals surface area contributed by atoms with E-state index in [0.29, 0.717) is 17.0 Å². The fourth-order valence-corrected chi connectivity index (χ4v) is 3.40. The number of piperidine rings is 1. The number of hydrogen-bond donors (Lipinski definition) is 1. The van der Waals surface area contributed by atoms with E-state index in [4.69, 9.17) is 0 Å². The van der Waals surface area contributed by atoms with Gasteiger partial charge in [0.2, 0.25) is 5.91 Å². The first-order valence-electron chi connectivity index (χ1n) is 7.62. The van der Waals surface area contributed by atoms with Gasteiger partial charge < -0.3 is 9.88 Å². The lowest BCUT2D eigenvalue weighted by molar-refractivity contribution is -0.131. The molecule has 1 aromatic rings. The molecule has 2 rings (SSSR count). The molecule has 5 nitrogen and oxygen atoms in total. The maximum atomic E-state index is 12.3. The molecule has 1 aliphatic rings. The van der Waals surface area contributed by atoms with Gasteiger partial charge in [-0.25, -0.2) is 4.98 Å². The van der Waals surface area contributed by atoms with E-state index < -0.39 is 0 Å². The number of aromatic amines is 1. The second-order valence-corrected chi connectivity index (χ2v) is 6.48. The highest BCUT2D eigenvalue weighted by Crippen LogP contribution is 2.19. The molecule has 1 amide bonds. The molecule has 0 bridgehead atoms. The monoisotopic (exact) mass is 309 g/mol. The van der Waals surface area contributed by atoms with E-state index >= 15 is 0 Å². The van der Waals surface area contributed by atoms with Crippen molar-refractivity contribution in [2.24, 2.45) is 0 Å². The van der Waals surface area contributed by atoms with Gasteiger partial charge in [0.15, 0.2) is 5.16 Å². The molecule has 1 atom stereocenters. The Bertz CT molecular complexity index is 544. The van der Waals surface area contributed by atoms with Crippen molar-refractivity contribution in [2.45, 2.75) is 57.1 Å². The number of carbonyl (C=O) groups excluding carboxylic acids is 1. The van der Waals surface area contributed by atoms with Gasteiger partial charge in [0, 0.05) is 24.3 Å². The maximum Gasteiger partial charge on any atom is 0.251 e. The minimum atomic E-state index is -0.144. The van der Waals surface area contributed by atoms with Crippen LogP contribution in [0.2, 0.25) is 0 Å². The molecule has 6 heteroatoms. The van der Waals surface area contributed by atoms with Crippen LogP contribution in [0.3, 0.4) is 0 Å². The molecule has 21 heavy (non-hydrogen) atoms. The first-order chi connectivity index (χ1) is 10.1. The van der Waals surface area contributed by atoms with E-state index in [-0.39, 0.29) is 11.5 Å². The molecule has 0 aromatic carbocycles. The molecule has 1 fully saturated rings. The number of amides is 1. The minimum absolute atomic E-state index is 0.135. The molecule has 0 saturated carbocycles. The molecule has 1 N–H and O–H groups in total. The maximum absolute atomic E-state index is 12.3. The Morgan fingerprint density at radius 1 is 1.52 bits per heavy atom. The largest absolute Gasteiger partial charge is 0.339 e.